The second-order valence-electron chi connectivity index (χ2n) is 8.18. The SMILES string of the molecule is COc1ccc(CNc2nc(NCc3ccc(N)cc3)c3ncn(CCc4ccsc4)c3n2)cc1. The number of aryl methyl sites for hydroxylation is 2. The second kappa shape index (κ2) is 10.4. The molecule has 0 aliphatic heterocycles. The van der Waals surface area contributed by atoms with E-state index in [1.54, 1.807) is 18.4 Å². The lowest BCUT2D eigenvalue weighted by Crippen LogP contribution is -2.09. The quantitative estimate of drug-likeness (QED) is 0.241. The molecule has 0 amide bonds. The fraction of sp³-hybridized carbons (Fsp3) is 0.192. The highest BCUT2D eigenvalue weighted by molar-refractivity contribution is 7.07. The average molecular weight is 486 g/mol. The van der Waals surface area contributed by atoms with E-state index in [2.05, 4.69) is 37.0 Å². The molecule has 0 unspecified atom stereocenters. The van der Waals surface area contributed by atoms with Crippen LogP contribution in [0.4, 0.5) is 17.5 Å². The molecule has 0 bridgehead atoms. The Morgan fingerprint density at radius 3 is 2.37 bits per heavy atom. The number of nitrogen functional groups attached to an aromatic ring is 1. The Morgan fingerprint density at radius 2 is 1.66 bits per heavy atom. The van der Waals surface area contributed by atoms with E-state index < -0.39 is 0 Å². The van der Waals surface area contributed by atoms with E-state index in [0.29, 0.717) is 24.9 Å². The van der Waals surface area contributed by atoms with Crippen LogP contribution in [0.25, 0.3) is 11.2 Å². The maximum atomic E-state index is 5.82. The van der Waals surface area contributed by atoms with Gasteiger partial charge in [-0.25, -0.2) is 4.98 Å². The molecule has 0 saturated heterocycles. The van der Waals surface area contributed by atoms with Gasteiger partial charge in [0.2, 0.25) is 5.95 Å². The van der Waals surface area contributed by atoms with Crippen molar-refractivity contribution in [3.63, 3.8) is 0 Å². The Hall–Kier alpha value is -4.11. The van der Waals surface area contributed by atoms with Gasteiger partial charge in [-0.2, -0.15) is 21.3 Å². The maximum absolute atomic E-state index is 5.82. The molecule has 0 aliphatic carbocycles. The van der Waals surface area contributed by atoms with Crippen LogP contribution in [-0.4, -0.2) is 26.6 Å². The summed E-state index contributed by atoms with van der Waals surface area (Å²) in [7, 11) is 1.66. The van der Waals surface area contributed by atoms with Crippen molar-refractivity contribution >= 4 is 40.0 Å². The molecule has 3 heterocycles. The van der Waals surface area contributed by atoms with E-state index in [1.165, 1.54) is 5.56 Å². The van der Waals surface area contributed by atoms with Gasteiger partial charge in [-0.3, -0.25) is 0 Å². The van der Waals surface area contributed by atoms with Crippen LogP contribution in [0.5, 0.6) is 5.75 Å². The largest absolute Gasteiger partial charge is 0.497 e. The summed E-state index contributed by atoms with van der Waals surface area (Å²) in [5, 5.41) is 11.1. The summed E-state index contributed by atoms with van der Waals surface area (Å²) in [6.07, 6.45) is 2.76. The predicted molar refractivity (Wildman–Crippen MR) is 142 cm³/mol. The number of fused-ring (bicyclic) bond motifs is 1. The van der Waals surface area contributed by atoms with E-state index in [0.717, 1.165) is 46.7 Å². The lowest BCUT2D eigenvalue weighted by atomic mass is 10.2. The lowest BCUT2D eigenvalue weighted by Gasteiger charge is -2.11. The molecule has 0 radical (unpaired) electrons. The van der Waals surface area contributed by atoms with Gasteiger partial charge in [-0.15, -0.1) is 0 Å². The number of nitrogens with zero attached hydrogens (tertiary/aromatic N) is 4. The summed E-state index contributed by atoms with van der Waals surface area (Å²) in [6.45, 7) is 1.99. The van der Waals surface area contributed by atoms with Gasteiger partial charge < -0.3 is 25.7 Å². The highest BCUT2D eigenvalue weighted by atomic mass is 32.1. The van der Waals surface area contributed by atoms with Gasteiger partial charge in [0.1, 0.15) is 5.75 Å². The zero-order valence-electron chi connectivity index (χ0n) is 19.4. The topological polar surface area (TPSA) is 103 Å². The van der Waals surface area contributed by atoms with Crippen LogP contribution in [0.1, 0.15) is 16.7 Å². The smallest absolute Gasteiger partial charge is 0.227 e. The van der Waals surface area contributed by atoms with Crippen LogP contribution >= 0.6 is 11.3 Å². The molecule has 4 N–H and O–H groups in total. The Bertz CT molecular complexity index is 1380. The van der Waals surface area contributed by atoms with Crippen LogP contribution in [0.3, 0.4) is 0 Å². The fourth-order valence-electron chi connectivity index (χ4n) is 3.74. The summed E-state index contributed by atoms with van der Waals surface area (Å²) >= 11 is 1.71. The predicted octanol–water partition coefficient (Wildman–Crippen LogP) is 4.95. The molecule has 3 aromatic heterocycles. The van der Waals surface area contributed by atoms with E-state index in [9.17, 15) is 0 Å². The Kier molecular flexibility index (Phi) is 6.76. The van der Waals surface area contributed by atoms with Crippen LogP contribution in [0.2, 0.25) is 0 Å². The van der Waals surface area contributed by atoms with Gasteiger partial charge >= 0.3 is 0 Å². The van der Waals surface area contributed by atoms with Crippen LogP contribution < -0.4 is 21.1 Å². The first kappa shape index (κ1) is 22.7. The number of anilines is 3. The van der Waals surface area contributed by atoms with Crippen molar-refractivity contribution in [1.29, 1.82) is 0 Å². The monoisotopic (exact) mass is 485 g/mol. The average Bonchev–Trinajstić information content (AvgIpc) is 3.56. The minimum absolute atomic E-state index is 0.547. The first-order chi connectivity index (χ1) is 17.2. The molecule has 0 saturated carbocycles. The number of hydrogen-bond donors (Lipinski definition) is 3. The number of nitrogens with one attached hydrogen (secondary N) is 2. The third-order valence-electron chi connectivity index (χ3n) is 5.73. The van der Waals surface area contributed by atoms with Gasteiger partial charge in [-0.05, 0) is 64.2 Å². The summed E-state index contributed by atoms with van der Waals surface area (Å²) in [4.78, 5) is 14.2. The van der Waals surface area contributed by atoms with Crippen LogP contribution in [0, 0.1) is 0 Å². The zero-order valence-corrected chi connectivity index (χ0v) is 20.3. The molecule has 0 aliphatic rings. The molecule has 35 heavy (non-hydrogen) atoms. The Morgan fingerprint density at radius 1 is 0.914 bits per heavy atom. The van der Waals surface area contributed by atoms with Crippen LogP contribution in [-0.2, 0) is 26.1 Å². The maximum Gasteiger partial charge on any atom is 0.227 e. The number of hydrogen-bond acceptors (Lipinski definition) is 8. The minimum Gasteiger partial charge on any atom is -0.497 e. The van der Waals surface area contributed by atoms with Crippen molar-refractivity contribution in [2.24, 2.45) is 0 Å². The lowest BCUT2D eigenvalue weighted by molar-refractivity contribution is 0.414. The van der Waals surface area contributed by atoms with Crippen molar-refractivity contribution in [3.8, 4) is 5.75 Å². The minimum atomic E-state index is 0.547. The van der Waals surface area contributed by atoms with Crippen molar-refractivity contribution in [2.45, 2.75) is 26.1 Å². The van der Waals surface area contributed by atoms with E-state index in [-0.39, 0.29) is 0 Å². The van der Waals surface area contributed by atoms with Crippen molar-refractivity contribution in [3.05, 3.63) is 88.4 Å². The first-order valence-corrected chi connectivity index (χ1v) is 12.3. The molecular weight excluding hydrogens is 458 g/mol. The molecule has 5 aromatic rings. The molecular formula is C26H27N7OS. The highest BCUT2D eigenvalue weighted by Crippen LogP contribution is 2.23. The number of imidazole rings is 1. The van der Waals surface area contributed by atoms with Gasteiger partial charge in [-0.1, -0.05) is 24.3 Å². The van der Waals surface area contributed by atoms with Gasteiger partial charge in [0.15, 0.2) is 17.0 Å². The molecule has 5 rings (SSSR count). The molecule has 0 atom stereocenters. The zero-order chi connectivity index (χ0) is 24.0. The van der Waals surface area contributed by atoms with E-state index in [1.807, 2.05) is 54.9 Å². The fourth-order valence-corrected chi connectivity index (χ4v) is 4.44. The van der Waals surface area contributed by atoms with Gasteiger partial charge in [0, 0.05) is 25.3 Å². The van der Waals surface area contributed by atoms with E-state index >= 15 is 0 Å². The summed E-state index contributed by atoms with van der Waals surface area (Å²) in [6, 6.07) is 17.9. The second-order valence-corrected chi connectivity index (χ2v) is 8.96. The Labute approximate surface area is 207 Å². The molecule has 178 valence electrons. The number of thiophene rings is 1. The third-order valence-corrected chi connectivity index (χ3v) is 6.47. The summed E-state index contributed by atoms with van der Waals surface area (Å²) in [5.74, 6) is 2.07. The van der Waals surface area contributed by atoms with Crippen molar-refractivity contribution in [1.82, 2.24) is 19.5 Å². The number of rotatable bonds is 10. The number of benzene rings is 2. The number of ether oxygens (including phenoxy) is 1. The molecule has 0 fully saturated rings. The van der Waals surface area contributed by atoms with Crippen LogP contribution in [0.15, 0.2) is 71.7 Å². The third kappa shape index (κ3) is 5.52. The van der Waals surface area contributed by atoms with Gasteiger partial charge in [0.05, 0.1) is 13.4 Å². The van der Waals surface area contributed by atoms with Gasteiger partial charge in [0.25, 0.3) is 0 Å². The highest BCUT2D eigenvalue weighted by Gasteiger charge is 2.14. The molecule has 2 aromatic carbocycles. The summed E-state index contributed by atoms with van der Waals surface area (Å²) in [5.41, 5.74) is 11.6. The normalized spacial score (nSPS) is 11.0. The molecule has 0 spiro atoms. The molecule has 8 nitrogen and oxygen atoms in total. The van der Waals surface area contributed by atoms with Crippen molar-refractivity contribution in [2.75, 3.05) is 23.5 Å². The van der Waals surface area contributed by atoms with E-state index in [4.69, 9.17) is 20.4 Å². The number of nitrogens with two attached hydrogens (primary N) is 1. The number of aromatic nitrogens is 4. The molecule has 9 heteroatoms. The Balaban J connectivity index is 1.40. The first-order valence-electron chi connectivity index (χ1n) is 11.4. The summed E-state index contributed by atoms with van der Waals surface area (Å²) < 4.78 is 7.34. The number of methoxy groups -OCH3 is 1. The van der Waals surface area contributed by atoms with Crippen molar-refractivity contribution < 1.29 is 4.74 Å². The standard InChI is InChI=1S/C26H27N7OS/c1-34-22-8-4-19(5-9-22)15-29-26-31-24(28-14-18-2-6-21(27)7-3-18)23-25(32-26)33(17-30-23)12-10-20-11-13-35-16-20/h2-9,11,13,16-17H,10,12,14-15,27H2,1H3,(H2,28,29,31,32).